The van der Waals surface area contributed by atoms with Gasteiger partial charge in [-0.1, -0.05) is 39.1 Å². The van der Waals surface area contributed by atoms with Crippen LogP contribution in [-0.2, 0) is 15.2 Å². The van der Waals surface area contributed by atoms with Crippen LogP contribution in [0.5, 0.6) is 5.75 Å². The number of ether oxygens (including phenoxy) is 1. The summed E-state index contributed by atoms with van der Waals surface area (Å²) in [7, 11) is -3.03. The van der Waals surface area contributed by atoms with Gasteiger partial charge in [0, 0.05) is 28.6 Å². The molecule has 0 radical (unpaired) electrons. The van der Waals surface area contributed by atoms with Gasteiger partial charge >= 0.3 is 0 Å². The fourth-order valence-corrected chi connectivity index (χ4v) is 4.77. The standard InChI is InChI=1S/C14H17BrCl2O3S/c1-21(18,19)12-4-2-3-11(7-12)20-14-9(8-15)5-10(16)6-13(14)17/h5-6,11-12H,2-4,7-8H2,1H3. The Kier molecular flexibility index (Phi) is 5.85. The lowest BCUT2D eigenvalue weighted by molar-refractivity contribution is 0.155. The molecule has 1 saturated carbocycles. The number of sulfone groups is 1. The van der Waals surface area contributed by atoms with E-state index in [9.17, 15) is 8.42 Å². The fourth-order valence-electron chi connectivity index (χ4n) is 2.61. The molecule has 0 aliphatic heterocycles. The van der Waals surface area contributed by atoms with Crippen LogP contribution < -0.4 is 4.74 Å². The average Bonchev–Trinajstić information content (AvgIpc) is 2.41. The Hall–Kier alpha value is 0.0300. The van der Waals surface area contributed by atoms with E-state index in [2.05, 4.69) is 15.9 Å². The summed E-state index contributed by atoms with van der Waals surface area (Å²) in [6.07, 6.45) is 4.07. The van der Waals surface area contributed by atoms with Crippen LogP contribution in [0.1, 0.15) is 31.2 Å². The van der Waals surface area contributed by atoms with Gasteiger partial charge in [-0.2, -0.15) is 0 Å². The zero-order chi connectivity index (χ0) is 15.6. The Morgan fingerprint density at radius 2 is 2.05 bits per heavy atom. The van der Waals surface area contributed by atoms with Gasteiger partial charge in [-0.25, -0.2) is 8.42 Å². The number of rotatable bonds is 4. The van der Waals surface area contributed by atoms with Crippen molar-refractivity contribution in [1.29, 1.82) is 0 Å². The second kappa shape index (κ2) is 7.07. The minimum Gasteiger partial charge on any atom is -0.489 e. The van der Waals surface area contributed by atoms with E-state index in [4.69, 9.17) is 27.9 Å². The Balaban J connectivity index is 2.18. The van der Waals surface area contributed by atoms with E-state index < -0.39 is 9.84 Å². The van der Waals surface area contributed by atoms with Crippen molar-refractivity contribution < 1.29 is 13.2 Å². The van der Waals surface area contributed by atoms with Crippen LogP contribution in [0.25, 0.3) is 0 Å². The van der Waals surface area contributed by atoms with E-state index in [0.29, 0.717) is 34.0 Å². The molecule has 1 fully saturated rings. The van der Waals surface area contributed by atoms with Gasteiger partial charge in [0.2, 0.25) is 0 Å². The molecule has 1 aliphatic rings. The van der Waals surface area contributed by atoms with E-state index in [1.807, 2.05) is 0 Å². The summed E-state index contributed by atoms with van der Waals surface area (Å²) in [5.74, 6) is 0.595. The molecule has 2 unspecified atom stereocenters. The zero-order valence-electron chi connectivity index (χ0n) is 11.6. The van der Waals surface area contributed by atoms with Crippen molar-refractivity contribution in [1.82, 2.24) is 0 Å². The molecule has 0 bridgehead atoms. The maximum Gasteiger partial charge on any atom is 0.150 e. The van der Waals surface area contributed by atoms with Crippen molar-refractivity contribution in [3.8, 4) is 5.75 Å². The third-order valence-electron chi connectivity index (χ3n) is 3.70. The van der Waals surface area contributed by atoms with Crippen LogP contribution >= 0.6 is 39.1 Å². The summed E-state index contributed by atoms with van der Waals surface area (Å²) >= 11 is 15.6. The molecule has 0 N–H and O–H groups in total. The third-order valence-corrected chi connectivity index (χ3v) is 6.44. The molecule has 3 nitrogen and oxygen atoms in total. The molecule has 118 valence electrons. The van der Waals surface area contributed by atoms with Crippen molar-refractivity contribution in [2.24, 2.45) is 0 Å². The van der Waals surface area contributed by atoms with Crippen molar-refractivity contribution in [2.75, 3.05) is 6.26 Å². The highest BCUT2D eigenvalue weighted by Crippen LogP contribution is 2.36. The summed E-state index contributed by atoms with van der Waals surface area (Å²) in [5.41, 5.74) is 0.869. The average molecular weight is 416 g/mol. The highest BCUT2D eigenvalue weighted by molar-refractivity contribution is 9.08. The Bertz CT molecular complexity index is 619. The smallest absolute Gasteiger partial charge is 0.150 e. The predicted molar refractivity (Wildman–Crippen MR) is 90.6 cm³/mol. The van der Waals surface area contributed by atoms with Gasteiger partial charge in [-0.05, 0) is 31.4 Å². The number of hydrogen-bond donors (Lipinski definition) is 0. The molecular formula is C14H17BrCl2O3S. The van der Waals surface area contributed by atoms with Gasteiger partial charge in [0.05, 0.1) is 10.3 Å². The fraction of sp³-hybridized carbons (Fsp3) is 0.571. The van der Waals surface area contributed by atoms with Crippen LogP contribution in [-0.4, -0.2) is 26.0 Å². The summed E-state index contributed by atoms with van der Waals surface area (Å²) < 4.78 is 29.4. The third kappa shape index (κ3) is 4.50. The second-order valence-corrected chi connectivity index (χ2v) is 9.10. The van der Waals surface area contributed by atoms with E-state index in [0.717, 1.165) is 18.4 Å². The molecule has 0 amide bonds. The number of benzene rings is 1. The van der Waals surface area contributed by atoms with Gasteiger partial charge in [0.15, 0.2) is 0 Å². The second-order valence-electron chi connectivity index (χ2n) is 5.37. The normalized spacial score (nSPS) is 23.0. The highest BCUT2D eigenvalue weighted by atomic mass is 79.9. The number of hydrogen-bond acceptors (Lipinski definition) is 3. The molecule has 0 spiro atoms. The van der Waals surface area contributed by atoms with Gasteiger partial charge in [-0.15, -0.1) is 0 Å². The van der Waals surface area contributed by atoms with Crippen LogP contribution in [0.2, 0.25) is 10.0 Å². The molecule has 0 saturated heterocycles. The monoisotopic (exact) mass is 414 g/mol. The maximum atomic E-state index is 11.7. The van der Waals surface area contributed by atoms with Gasteiger partial charge in [0.1, 0.15) is 21.7 Å². The van der Waals surface area contributed by atoms with Crippen molar-refractivity contribution >= 4 is 49.0 Å². The van der Waals surface area contributed by atoms with Crippen LogP contribution in [0.4, 0.5) is 0 Å². The molecule has 1 aromatic carbocycles. The topological polar surface area (TPSA) is 43.4 Å². The first kappa shape index (κ1) is 17.4. The summed E-state index contributed by atoms with van der Waals surface area (Å²) in [5, 5.41) is 1.26. The molecule has 7 heteroatoms. The number of halogens is 3. The Labute approximate surface area is 144 Å². The van der Waals surface area contributed by atoms with E-state index in [-0.39, 0.29) is 11.4 Å². The lowest BCUT2D eigenvalue weighted by Gasteiger charge is -2.29. The molecular weight excluding hydrogens is 399 g/mol. The minimum atomic E-state index is -3.03. The van der Waals surface area contributed by atoms with Crippen LogP contribution in [0.15, 0.2) is 12.1 Å². The molecule has 1 aliphatic carbocycles. The van der Waals surface area contributed by atoms with Gasteiger partial charge in [0.25, 0.3) is 0 Å². The van der Waals surface area contributed by atoms with Crippen LogP contribution in [0, 0.1) is 0 Å². The van der Waals surface area contributed by atoms with Gasteiger partial charge in [-0.3, -0.25) is 0 Å². The first-order chi connectivity index (χ1) is 9.81. The van der Waals surface area contributed by atoms with E-state index in [1.54, 1.807) is 12.1 Å². The summed E-state index contributed by atoms with van der Waals surface area (Å²) in [6.45, 7) is 0. The Morgan fingerprint density at radius 1 is 1.33 bits per heavy atom. The first-order valence-corrected chi connectivity index (χ1v) is 10.5. The van der Waals surface area contributed by atoms with Crippen molar-refractivity contribution in [2.45, 2.75) is 42.4 Å². The predicted octanol–water partition coefficient (Wildman–Crippen LogP) is 4.62. The highest BCUT2D eigenvalue weighted by Gasteiger charge is 2.30. The SMILES string of the molecule is CS(=O)(=O)C1CCCC(Oc2c(Cl)cc(Cl)cc2CBr)C1. The number of alkyl halides is 1. The summed E-state index contributed by atoms with van der Waals surface area (Å²) in [6, 6.07) is 3.44. The molecule has 0 aromatic heterocycles. The maximum absolute atomic E-state index is 11.7. The van der Waals surface area contributed by atoms with E-state index >= 15 is 0 Å². The first-order valence-electron chi connectivity index (χ1n) is 6.70. The minimum absolute atomic E-state index is 0.130. The summed E-state index contributed by atoms with van der Waals surface area (Å²) in [4.78, 5) is 0. The molecule has 21 heavy (non-hydrogen) atoms. The van der Waals surface area contributed by atoms with Crippen LogP contribution in [0.3, 0.4) is 0 Å². The molecule has 2 atom stereocenters. The molecule has 2 rings (SSSR count). The zero-order valence-corrected chi connectivity index (χ0v) is 15.5. The molecule has 0 heterocycles. The van der Waals surface area contributed by atoms with Crippen molar-refractivity contribution in [3.05, 3.63) is 27.7 Å². The lowest BCUT2D eigenvalue weighted by Crippen LogP contribution is -2.33. The van der Waals surface area contributed by atoms with Gasteiger partial charge < -0.3 is 4.74 Å². The quantitative estimate of drug-likeness (QED) is 0.673. The van der Waals surface area contributed by atoms with E-state index in [1.165, 1.54) is 6.26 Å². The Morgan fingerprint density at radius 3 is 2.67 bits per heavy atom. The largest absolute Gasteiger partial charge is 0.489 e. The molecule has 1 aromatic rings. The van der Waals surface area contributed by atoms with Crippen molar-refractivity contribution in [3.63, 3.8) is 0 Å². The lowest BCUT2D eigenvalue weighted by atomic mass is 9.97.